The summed E-state index contributed by atoms with van der Waals surface area (Å²) in [5, 5.41) is 2.70. The van der Waals surface area contributed by atoms with Crippen LogP contribution in [0.3, 0.4) is 0 Å². The van der Waals surface area contributed by atoms with E-state index in [2.05, 4.69) is 5.32 Å². The lowest BCUT2D eigenvalue weighted by Gasteiger charge is -2.40. The predicted octanol–water partition coefficient (Wildman–Crippen LogP) is 0.475. The second kappa shape index (κ2) is 11.8. The van der Waals surface area contributed by atoms with Crippen LogP contribution in [0.5, 0.6) is 0 Å². The molecule has 10 nitrogen and oxygen atoms in total. The lowest BCUT2D eigenvalue weighted by molar-refractivity contribution is -0.146. The number of methoxy groups -OCH3 is 1. The highest BCUT2D eigenvalue weighted by molar-refractivity contribution is 7.89. The first-order valence-electron chi connectivity index (χ1n) is 11.7. The highest BCUT2D eigenvalue weighted by Gasteiger charge is 2.40. The van der Waals surface area contributed by atoms with Gasteiger partial charge >= 0.3 is 0 Å². The van der Waals surface area contributed by atoms with Gasteiger partial charge in [-0.3, -0.25) is 14.4 Å². The maximum Gasteiger partial charge on any atom is 0.249 e. The zero-order valence-corrected chi connectivity index (χ0v) is 20.3. The molecule has 3 N–H and O–H groups in total. The summed E-state index contributed by atoms with van der Waals surface area (Å²) in [7, 11) is -2.49. The number of benzene rings is 1. The van der Waals surface area contributed by atoms with E-state index in [1.54, 1.807) is 18.2 Å². The van der Waals surface area contributed by atoms with Crippen molar-refractivity contribution in [2.45, 2.75) is 55.5 Å². The third-order valence-electron chi connectivity index (χ3n) is 6.57. The van der Waals surface area contributed by atoms with Crippen molar-refractivity contribution in [1.82, 2.24) is 14.5 Å². The number of hydrogen-bond donors (Lipinski definition) is 2. The van der Waals surface area contributed by atoms with Crippen LogP contribution in [-0.4, -0.2) is 80.8 Å². The molecule has 3 rings (SSSR count). The standard InChI is InChI=1S/C23H34N4O6S/c1-33-16-21(28)27-13-12-26(34(31,32)18-10-6-3-7-11-18)15-20(27)23(30)25-19(22(24)29)14-17-8-4-2-5-9-17/h3,6-7,10-11,17,19-20H,2,4-5,8-9,12-16H2,1H3,(H2,24,29)(H,25,30). The molecule has 34 heavy (non-hydrogen) atoms. The molecule has 0 bridgehead atoms. The fraction of sp³-hybridized carbons (Fsp3) is 0.609. The smallest absolute Gasteiger partial charge is 0.249 e. The van der Waals surface area contributed by atoms with Gasteiger partial charge in [-0.25, -0.2) is 8.42 Å². The fourth-order valence-electron chi connectivity index (χ4n) is 4.72. The summed E-state index contributed by atoms with van der Waals surface area (Å²) >= 11 is 0. The predicted molar refractivity (Wildman–Crippen MR) is 125 cm³/mol. The number of primary amides is 1. The van der Waals surface area contributed by atoms with Crippen LogP contribution < -0.4 is 11.1 Å². The molecule has 2 aliphatic rings. The van der Waals surface area contributed by atoms with E-state index in [4.69, 9.17) is 10.5 Å². The molecule has 1 heterocycles. The Morgan fingerprint density at radius 2 is 1.79 bits per heavy atom. The number of nitrogens with two attached hydrogens (primary N) is 1. The van der Waals surface area contributed by atoms with Gasteiger partial charge in [-0.15, -0.1) is 0 Å². The molecule has 0 spiro atoms. The van der Waals surface area contributed by atoms with Gasteiger partial charge in [0.2, 0.25) is 27.7 Å². The molecule has 188 valence electrons. The Kier molecular flexibility index (Phi) is 9.03. The summed E-state index contributed by atoms with van der Waals surface area (Å²) in [6.07, 6.45) is 5.71. The Morgan fingerprint density at radius 3 is 2.41 bits per heavy atom. The average Bonchev–Trinajstić information content (AvgIpc) is 2.84. The molecule has 0 radical (unpaired) electrons. The monoisotopic (exact) mass is 494 g/mol. The number of carbonyl (C=O) groups excluding carboxylic acids is 3. The highest BCUT2D eigenvalue weighted by atomic mass is 32.2. The van der Waals surface area contributed by atoms with E-state index in [0.29, 0.717) is 12.3 Å². The molecule has 1 saturated carbocycles. The van der Waals surface area contributed by atoms with Crippen molar-refractivity contribution in [3.63, 3.8) is 0 Å². The van der Waals surface area contributed by atoms with Crippen molar-refractivity contribution < 1.29 is 27.5 Å². The molecule has 1 aliphatic carbocycles. The van der Waals surface area contributed by atoms with Crippen molar-refractivity contribution in [3.8, 4) is 0 Å². The van der Waals surface area contributed by atoms with Gasteiger partial charge in [0.1, 0.15) is 18.7 Å². The highest BCUT2D eigenvalue weighted by Crippen LogP contribution is 2.27. The molecule has 11 heteroatoms. The van der Waals surface area contributed by atoms with Crippen LogP contribution in [-0.2, 0) is 29.1 Å². The largest absolute Gasteiger partial charge is 0.375 e. The first-order valence-corrected chi connectivity index (χ1v) is 13.1. The van der Waals surface area contributed by atoms with E-state index in [1.807, 2.05) is 0 Å². The Labute approximate surface area is 200 Å². The number of ether oxygens (including phenoxy) is 1. The molecule has 2 atom stereocenters. The van der Waals surface area contributed by atoms with Gasteiger partial charge in [-0.2, -0.15) is 4.31 Å². The topological polar surface area (TPSA) is 139 Å². The van der Waals surface area contributed by atoms with E-state index < -0.39 is 39.8 Å². The van der Waals surface area contributed by atoms with Crippen LogP contribution in [0.4, 0.5) is 0 Å². The summed E-state index contributed by atoms with van der Waals surface area (Å²) in [6.45, 7) is -0.405. The van der Waals surface area contributed by atoms with Crippen molar-refractivity contribution in [2.24, 2.45) is 11.7 Å². The first kappa shape index (κ1) is 26.1. The van der Waals surface area contributed by atoms with E-state index in [-0.39, 0.29) is 31.1 Å². The van der Waals surface area contributed by atoms with Crippen molar-refractivity contribution in [3.05, 3.63) is 30.3 Å². The van der Waals surface area contributed by atoms with E-state index in [9.17, 15) is 22.8 Å². The number of piperazine rings is 1. The zero-order valence-electron chi connectivity index (χ0n) is 19.5. The molecule has 1 aliphatic heterocycles. The van der Waals surface area contributed by atoms with Crippen LogP contribution in [0.25, 0.3) is 0 Å². The third kappa shape index (κ3) is 6.34. The number of sulfonamides is 1. The Hall–Kier alpha value is -2.50. The van der Waals surface area contributed by atoms with Gasteiger partial charge in [-0.05, 0) is 24.5 Å². The molecular formula is C23H34N4O6S. The second-order valence-corrected chi connectivity index (χ2v) is 10.9. The molecular weight excluding hydrogens is 460 g/mol. The van der Waals surface area contributed by atoms with E-state index in [1.165, 1.54) is 28.4 Å². The van der Waals surface area contributed by atoms with Crippen LogP contribution >= 0.6 is 0 Å². The maximum atomic E-state index is 13.3. The quantitative estimate of drug-likeness (QED) is 0.512. The van der Waals surface area contributed by atoms with Crippen LogP contribution in [0.2, 0.25) is 0 Å². The molecule has 2 unspecified atom stereocenters. The molecule has 1 aromatic carbocycles. The fourth-order valence-corrected chi connectivity index (χ4v) is 6.18. The average molecular weight is 495 g/mol. The molecule has 3 amide bonds. The van der Waals surface area contributed by atoms with Gasteiger partial charge in [0, 0.05) is 26.7 Å². The Bertz CT molecular complexity index is 965. The summed E-state index contributed by atoms with van der Waals surface area (Å²) < 4.78 is 32.4. The minimum absolute atomic E-state index is 0.0240. The summed E-state index contributed by atoms with van der Waals surface area (Å²) in [6, 6.07) is 5.95. The number of amides is 3. The zero-order chi connectivity index (χ0) is 24.7. The molecule has 0 aromatic heterocycles. The van der Waals surface area contributed by atoms with Crippen molar-refractivity contribution >= 4 is 27.7 Å². The Balaban J connectivity index is 1.79. The van der Waals surface area contributed by atoms with Gasteiger partial charge in [0.25, 0.3) is 0 Å². The normalized spacial score (nSPS) is 21.1. The first-order chi connectivity index (χ1) is 16.2. The number of rotatable bonds is 9. The van der Waals surface area contributed by atoms with Gasteiger partial charge in [-0.1, -0.05) is 50.3 Å². The minimum atomic E-state index is -3.86. The summed E-state index contributed by atoms with van der Waals surface area (Å²) in [5.41, 5.74) is 5.59. The molecule has 1 saturated heterocycles. The number of hydrogen-bond acceptors (Lipinski definition) is 6. The van der Waals surface area contributed by atoms with E-state index in [0.717, 1.165) is 32.1 Å². The van der Waals surface area contributed by atoms with Crippen LogP contribution in [0.1, 0.15) is 38.5 Å². The van der Waals surface area contributed by atoms with Crippen molar-refractivity contribution in [2.75, 3.05) is 33.4 Å². The summed E-state index contributed by atoms with van der Waals surface area (Å²) in [4.78, 5) is 39.5. The van der Waals surface area contributed by atoms with E-state index >= 15 is 0 Å². The number of carbonyl (C=O) groups is 3. The van der Waals surface area contributed by atoms with Gasteiger partial charge in [0.05, 0.1) is 4.90 Å². The van der Waals surface area contributed by atoms with Crippen LogP contribution in [0.15, 0.2) is 35.2 Å². The lowest BCUT2D eigenvalue weighted by atomic mass is 9.84. The minimum Gasteiger partial charge on any atom is -0.375 e. The van der Waals surface area contributed by atoms with Crippen LogP contribution in [0, 0.1) is 5.92 Å². The molecule has 1 aromatic rings. The number of nitrogens with one attached hydrogen (secondary N) is 1. The molecule has 2 fully saturated rings. The lowest BCUT2D eigenvalue weighted by Crippen LogP contribution is -2.63. The van der Waals surface area contributed by atoms with Crippen molar-refractivity contribution in [1.29, 1.82) is 0 Å². The Morgan fingerprint density at radius 1 is 1.12 bits per heavy atom. The second-order valence-electron chi connectivity index (χ2n) is 8.92. The van der Waals surface area contributed by atoms with Gasteiger partial charge < -0.3 is 20.7 Å². The van der Waals surface area contributed by atoms with Gasteiger partial charge in [0.15, 0.2) is 0 Å². The SMILES string of the molecule is COCC(=O)N1CCN(S(=O)(=O)c2ccccc2)CC1C(=O)NC(CC1CCCCC1)C(N)=O. The number of nitrogens with zero attached hydrogens (tertiary/aromatic N) is 2. The summed E-state index contributed by atoms with van der Waals surface area (Å²) in [5.74, 6) is -1.38. The maximum absolute atomic E-state index is 13.3. The third-order valence-corrected chi connectivity index (χ3v) is 8.45.